The van der Waals surface area contributed by atoms with Crippen LogP contribution in [0.1, 0.15) is 38.1 Å². The van der Waals surface area contributed by atoms with Gasteiger partial charge in [-0.15, -0.1) is 0 Å². The van der Waals surface area contributed by atoms with Crippen LogP contribution < -0.4 is 11.0 Å². The lowest BCUT2D eigenvalue weighted by molar-refractivity contribution is 0.00578. The van der Waals surface area contributed by atoms with E-state index in [4.69, 9.17) is 14.0 Å². The number of carbonyl (C=O) groups is 1. The Morgan fingerprint density at radius 1 is 1.13 bits per heavy atom. The van der Waals surface area contributed by atoms with Crippen LogP contribution in [0, 0.1) is 0 Å². The zero-order chi connectivity index (χ0) is 22.4. The van der Waals surface area contributed by atoms with Crippen molar-refractivity contribution < 1.29 is 23.9 Å². The third-order valence-electron chi connectivity index (χ3n) is 6.45. The summed E-state index contributed by atoms with van der Waals surface area (Å²) >= 11 is 0. The fourth-order valence-electron chi connectivity index (χ4n) is 3.82. The average Bonchev–Trinajstić information content (AvgIpc) is 2.94. The van der Waals surface area contributed by atoms with Gasteiger partial charge in [-0.25, -0.2) is 9.78 Å². The van der Waals surface area contributed by atoms with Crippen LogP contribution in [0.25, 0.3) is 11.0 Å². The minimum atomic E-state index is -1.26. The van der Waals surface area contributed by atoms with Gasteiger partial charge < -0.3 is 19.2 Å². The Kier molecular flexibility index (Phi) is 5.67. The van der Waals surface area contributed by atoms with Crippen LogP contribution in [0.4, 0.5) is 0 Å². The Bertz CT molecular complexity index is 1040. The van der Waals surface area contributed by atoms with Crippen molar-refractivity contribution in [1.29, 1.82) is 0 Å². The number of hydrogen-bond acceptors (Lipinski definition) is 7. The van der Waals surface area contributed by atoms with Gasteiger partial charge in [0.2, 0.25) is 0 Å². The second kappa shape index (κ2) is 8.01. The molecule has 0 radical (unpaired) electrons. The Balaban J connectivity index is 1.71. The Labute approximate surface area is 181 Å². The van der Waals surface area contributed by atoms with Gasteiger partial charge in [-0.05, 0) is 39.8 Å². The van der Waals surface area contributed by atoms with Crippen molar-refractivity contribution in [2.75, 3.05) is 32.8 Å². The van der Waals surface area contributed by atoms with E-state index in [9.17, 15) is 14.7 Å². The van der Waals surface area contributed by atoms with E-state index in [1.165, 1.54) is 10.6 Å². The monoisotopic (exact) mass is 429 g/mol. The first-order valence-electron chi connectivity index (χ1n) is 10.5. The third kappa shape index (κ3) is 4.12. The molecule has 2 saturated heterocycles. The highest BCUT2D eigenvalue weighted by Crippen LogP contribution is 2.36. The maximum Gasteiger partial charge on any atom is 0.496 e. The highest BCUT2D eigenvalue weighted by molar-refractivity contribution is 6.62. The Morgan fingerprint density at radius 2 is 1.77 bits per heavy atom. The van der Waals surface area contributed by atoms with Gasteiger partial charge in [0.25, 0.3) is 5.56 Å². The smallest absolute Gasteiger partial charge is 0.477 e. The largest absolute Gasteiger partial charge is 0.496 e. The van der Waals surface area contributed by atoms with E-state index >= 15 is 0 Å². The number of carboxylic acids is 1. The second-order valence-electron chi connectivity index (χ2n) is 9.04. The molecule has 0 aromatic carbocycles. The van der Waals surface area contributed by atoms with Gasteiger partial charge in [0.1, 0.15) is 11.2 Å². The topological polar surface area (TPSA) is 103 Å². The molecule has 166 valence electrons. The van der Waals surface area contributed by atoms with Gasteiger partial charge in [0.05, 0.1) is 24.4 Å². The molecule has 0 unspecified atom stereocenters. The molecule has 2 aliphatic heterocycles. The molecule has 31 heavy (non-hydrogen) atoms. The van der Waals surface area contributed by atoms with Gasteiger partial charge in [-0.3, -0.25) is 14.3 Å². The predicted molar refractivity (Wildman–Crippen MR) is 116 cm³/mol. The van der Waals surface area contributed by atoms with E-state index < -0.39 is 29.8 Å². The molecule has 10 heteroatoms. The van der Waals surface area contributed by atoms with Crippen LogP contribution in [-0.4, -0.2) is 76.7 Å². The average molecular weight is 429 g/mol. The summed E-state index contributed by atoms with van der Waals surface area (Å²) in [5, 5.41) is 10.1. The van der Waals surface area contributed by atoms with Crippen LogP contribution in [0.5, 0.6) is 0 Å². The standard InChI is InChI=1S/C21H28BN3O6/c1-20(2)21(3,4)31-22(30-20)15-11-14-12-16(19(27)28)18(26)25(17(14)23-13-15)6-5-24-7-9-29-10-8-24/h11-13H,5-10H2,1-4H3,(H,27,28). The maximum atomic E-state index is 12.9. The van der Waals surface area contributed by atoms with Gasteiger partial charge in [0, 0.05) is 43.2 Å². The lowest BCUT2D eigenvalue weighted by Crippen LogP contribution is -2.41. The van der Waals surface area contributed by atoms with E-state index in [0.29, 0.717) is 42.8 Å². The summed E-state index contributed by atoms with van der Waals surface area (Å²) < 4.78 is 19.0. The zero-order valence-corrected chi connectivity index (χ0v) is 18.4. The zero-order valence-electron chi connectivity index (χ0n) is 18.4. The van der Waals surface area contributed by atoms with Crippen molar-refractivity contribution in [2.24, 2.45) is 0 Å². The van der Waals surface area contributed by atoms with Crippen LogP contribution in [0.2, 0.25) is 0 Å². The molecule has 2 fully saturated rings. The van der Waals surface area contributed by atoms with Crippen molar-refractivity contribution >= 4 is 29.6 Å². The number of nitrogens with zero attached hydrogens (tertiary/aromatic N) is 3. The molecule has 2 aromatic heterocycles. The molecular weight excluding hydrogens is 401 g/mol. The number of ether oxygens (including phenoxy) is 1. The van der Waals surface area contributed by atoms with Crippen molar-refractivity contribution in [1.82, 2.24) is 14.5 Å². The quantitative estimate of drug-likeness (QED) is 0.694. The van der Waals surface area contributed by atoms with Crippen molar-refractivity contribution in [2.45, 2.75) is 45.4 Å². The first-order chi connectivity index (χ1) is 14.6. The Morgan fingerprint density at radius 3 is 2.39 bits per heavy atom. The summed E-state index contributed by atoms with van der Waals surface area (Å²) in [6.07, 6.45) is 1.63. The van der Waals surface area contributed by atoms with Gasteiger partial charge in [0.15, 0.2) is 0 Å². The maximum absolute atomic E-state index is 12.9. The number of fused-ring (bicyclic) bond motifs is 1. The number of aromatic carboxylic acids is 1. The molecular formula is C21H28BN3O6. The molecule has 0 amide bonds. The van der Waals surface area contributed by atoms with Crippen LogP contribution >= 0.6 is 0 Å². The summed E-state index contributed by atoms with van der Waals surface area (Å²) in [6, 6.07) is 3.18. The first-order valence-corrected chi connectivity index (χ1v) is 10.5. The number of pyridine rings is 2. The highest BCUT2D eigenvalue weighted by Gasteiger charge is 2.51. The highest BCUT2D eigenvalue weighted by atomic mass is 16.7. The molecule has 4 heterocycles. The van der Waals surface area contributed by atoms with Gasteiger partial charge in [-0.1, -0.05) is 0 Å². The van der Waals surface area contributed by atoms with E-state index in [1.54, 1.807) is 12.3 Å². The number of morpholine rings is 1. The minimum absolute atomic E-state index is 0.276. The SMILES string of the molecule is CC1(C)OB(c2cnc3c(c2)cc(C(=O)O)c(=O)n3CCN2CCOCC2)OC1(C)C. The van der Waals surface area contributed by atoms with E-state index in [-0.39, 0.29) is 5.56 Å². The number of hydrogen-bond donors (Lipinski definition) is 1. The van der Waals surface area contributed by atoms with Crippen molar-refractivity contribution in [3.8, 4) is 0 Å². The van der Waals surface area contributed by atoms with Crippen molar-refractivity contribution in [3.05, 3.63) is 34.2 Å². The summed E-state index contributed by atoms with van der Waals surface area (Å²) in [5.74, 6) is -1.26. The Hall–Kier alpha value is -2.27. The predicted octanol–water partition coefficient (Wildman–Crippen LogP) is 0.726. The van der Waals surface area contributed by atoms with E-state index in [1.807, 2.05) is 27.7 Å². The molecule has 4 rings (SSSR count). The molecule has 0 aliphatic carbocycles. The lowest BCUT2D eigenvalue weighted by atomic mass is 9.80. The fraction of sp³-hybridized carbons (Fsp3) is 0.571. The van der Waals surface area contributed by atoms with E-state index in [0.717, 1.165) is 13.1 Å². The molecule has 2 aromatic rings. The second-order valence-corrected chi connectivity index (χ2v) is 9.04. The molecule has 0 saturated carbocycles. The van der Waals surface area contributed by atoms with Crippen LogP contribution in [0.15, 0.2) is 23.1 Å². The summed E-state index contributed by atoms with van der Waals surface area (Å²) in [7, 11) is -0.621. The molecule has 9 nitrogen and oxygen atoms in total. The first kappa shape index (κ1) is 21.9. The fourth-order valence-corrected chi connectivity index (χ4v) is 3.82. The van der Waals surface area contributed by atoms with Gasteiger partial charge in [-0.2, -0.15) is 0 Å². The summed E-state index contributed by atoms with van der Waals surface area (Å²) in [5.41, 5.74) is -0.707. The molecule has 0 bridgehead atoms. The number of rotatable bonds is 5. The number of aromatic nitrogens is 2. The van der Waals surface area contributed by atoms with Crippen molar-refractivity contribution in [3.63, 3.8) is 0 Å². The molecule has 0 spiro atoms. The summed E-state index contributed by atoms with van der Waals surface area (Å²) in [4.78, 5) is 31.3. The van der Waals surface area contributed by atoms with E-state index in [2.05, 4.69) is 9.88 Å². The van der Waals surface area contributed by atoms with Crippen LogP contribution in [-0.2, 0) is 20.6 Å². The normalized spacial score (nSPS) is 21.0. The van der Waals surface area contributed by atoms with Crippen LogP contribution in [0.3, 0.4) is 0 Å². The lowest BCUT2D eigenvalue weighted by Gasteiger charge is -2.32. The summed E-state index contributed by atoms with van der Waals surface area (Å²) in [6.45, 7) is 11.7. The van der Waals surface area contributed by atoms with Gasteiger partial charge >= 0.3 is 13.1 Å². The molecule has 2 aliphatic rings. The third-order valence-corrected chi connectivity index (χ3v) is 6.45. The minimum Gasteiger partial charge on any atom is -0.477 e. The molecule has 1 N–H and O–H groups in total. The molecule has 0 atom stereocenters. The number of carboxylic acid groups (broad SMARTS) is 1.